The van der Waals surface area contributed by atoms with Crippen molar-refractivity contribution in [1.29, 1.82) is 0 Å². The van der Waals surface area contributed by atoms with Crippen LogP contribution in [-0.2, 0) is 13.0 Å². The molecular formula is C25H28N8. The Morgan fingerprint density at radius 3 is 2.42 bits per heavy atom. The van der Waals surface area contributed by atoms with E-state index in [0.717, 1.165) is 41.2 Å². The summed E-state index contributed by atoms with van der Waals surface area (Å²) >= 11 is 0. The maximum atomic E-state index is 4.79. The van der Waals surface area contributed by atoms with Crippen molar-refractivity contribution in [1.82, 2.24) is 30.1 Å². The average Bonchev–Trinajstić information content (AvgIpc) is 3.48. The fourth-order valence-corrected chi connectivity index (χ4v) is 4.35. The second-order valence-electron chi connectivity index (χ2n) is 8.53. The molecule has 0 aliphatic carbocycles. The van der Waals surface area contributed by atoms with Gasteiger partial charge >= 0.3 is 0 Å². The van der Waals surface area contributed by atoms with Crippen LogP contribution in [0.4, 0.5) is 5.82 Å². The molecule has 5 rings (SSSR count). The van der Waals surface area contributed by atoms with Crippen molar-refractivity contribution in [2.45, 2.75) is 33.1 Å². The lowest BCUT2D eigenvalue weighted by molar-refractivity contribution is 0.329. The molecule has 2 aromatic carbocycles. The molecule has 0 amide bonds. The molecule has 2 aromatic heterocycles. The number of aromatic nitrogens is 5. The van der Waals surface area contributed by atoms with E-state index in [9.17, 15) is 0 Å². The standard InChI is InChI=1S/C25H28N8/c1-5-19-14-22-16(2)26-25(32(3)4)27-24(22)33(19)15-17-10-12-18(13-11-17)20-8-6-7-9-21(20)23-28-30-31-29-23/h6-14,25,27H,5,15H2,1-4H3,(H,28,29,30,31). The minimum atomic E-state index is -0.0553. The lowest BCUT2D eigenvalue weighted by Crippen LogP contribution is -2.37. The van der Waals surface area contributed by atoms with Crippen molar-refractivity contribution >= 4 is 11.5 Å². The van der Waals surface area contributed by atoms with E-state index in [0.29, 0.717) is 5.82 Å². The summed E-state index contributed by atoms with van der Waals surface area (Å²) in [7, 11) is 4.08. The number of H-pyrrole nitrogens is 1. The summed E-state index contributed by atoms with van der Waals surface area (Å²) in [6, 6.07) is 19.2. The van der Waals surface area contributed by atoms with Gasteiger partial charge < -0.3 is 9.88 Å². The van der Waals surface area contributed by atoms with E-state index in [-0.39, 0.29) is 6.29 Å². The molecule has 8 nitrogen and oxygen atoms in total. The first-order valence-electron chi connectivity index (χ1n) is 11.2. The number of nitrogens with one attached hydrogen (secondary N) is 2. The molecule has 1 unspecified atom stereocenters. The van der Waals surface area contributed by atoms with E-state index >= 15 is 0 Å². The van der Waals surface area contributed by atoms with Crippen LogP contribution in [0.3, 0.4) is 0 Å². The van der Waals surface area contributed by atoms with Gasteiger partial charge in [-0.05, 0) is 60.6 Å². The third-order valence-electron chi connectivity index (χ3n) is 6.14. The second kappa shape index (κ2) is 8.63. The molecule has 8 heteroatoms. The average molecular weight is 441 g/mol. The number of aromatic amines is 1. The molecule has 33 heavy (non-hydrogen) atoms. The lowest BCUT2D eigenvalue weighted by Gasteiger charge is -2.28. The minimum Gasteiger partial charge on any atom is -0.337 e. The first-order chi connectivity index (χ1) is 16.0. The van der Waals surface area contributed by atoms with Gasteiger partial charge in [-0.2, -0.15) is 0 Å². The fraction of sp³-hybridized carbons (Fsp3) is 0.280. The van der Waals surface area contributed by atoms with Gasteiger partial charge in [0, 0.05) is 29.1 Å². The molecule has 0 bridgehead atoms. The van der Waals surface area contributed by atoms with Crippen LogP contribution in [0.1, 0.15) is 30.7 Å². The molecule has 0 spiro atoms. The van der Waals surface area contributed by atoms with Gasteiger partial charge in [0.05, 0.1) is 0 Å². The summed E-state index contributed by atoms with van der Waals surface area (Å²) in [5.74, 6) is 1.81. The van der Waals surface area contributed by atoms with Crippen LogP contribution < -0.4 is 5.32 Å². The van der Waals surface area contributed by atoms with E-state index in [1.807, 2.05) is 32.3 Å². The zero-order valence-electron chi connectivity index (χ0n) is 19.4. The topological polar surface area (TPSA) is 87.0 Å². The van der Waals surface area contributed by atoms with Crippen LogP contribution in [0.2, 0.25) is 0 Å². The minimum absolute atomic E-state index is 0.0553. The molecule has 0 saturated heterocycles. The number of nitrogens with zero attached hydrogens (tertiary/aromatic N) is 6. The summed E-state index contributed by atoms with van der Waals surface area (Å²) in [6.07, 6.45) is 0.908. The predicted octanol–water partition coefficient (Wildman–Crippen LogP) is 4.03. The summed E-state index contributed by atoms with van der Waals surface area (Å²) in [5.41, 5.74) is 8.02. The number of aryl methyl sites for hydroxylation is 1. The number of benzene rings is 2. The molecule has 168 valence electrons. The van der Waals surface area contributed by atoms with Gasteiger partial charge in [0.1, 0.15) is 5.82 Å². The third kappa shape index (κ3) is 3.93. The van der Waals surface area contributed by atoms with Gasteiger partial charge in [0.2, 0.25) is 0 Å². The van der Waals surface area contributed by atoms with Gasteiger partial charge in [-0.25, -0.2) is 10.1 Å². The molecule has 4 aromatic rings. The van der Waals surface area contributed by atoms with Gasteiger partial charge in [0.15, 0.2) is 12.1 Å². The summed E-state index contributed by atoms with van der Waals surface area (Å²) < 4.78 is 2.38. The van der Waals surface area contributed by atoms with Crippen LogP contribution in [-0.4, -0.2) is 56.2 Å². The molecular weight excluding hydrogens is 412 g/mol. The first-order valence-corrected chi connectivity index (χ1v) is 11.2. The number of hydrogen-bond acceptors (Lipinski definition) is 6. The zero-order valence-corrected chi connectivity index (χ0v) is 19.4. The smallest absolute Gasteiger partial charge is 0.180 e. The van der Waals surface area contributed by atoms with Gasteiger partial charge in [-0.3, -0.25) is 4.90 Å². The van der Waals surface area contributed by atoms with E-state index in [1.165, 1.54) is 16.8 Å². The number of anilines is 1. The maximum absolute atomic E-state index is 4.79. The first kappa shape index (κ1) is 21.1. The number of tetrazole rings is 1. The highest BCUT2D eigenvalue weighted by molar-refractivity contribution is 6.04. The van der Waals surface area contributed by atoms with Crippen molar-refractivity contribution in [3.63, 3.8) is 0 Å². The number of fused-ring (bicyclic) bond motifs is 1. The Morgan fingerprint density at radius 2 is 1.76 bits per heavy atom. The van der Waals surface area contributed by atoms with Crippen LogP contribution in [0, 0.1) is 0 Å². The molecule has 1 aliphatic rings. The summed E-state index contributed by atoms with van der Waals surface area (Å²) in [4.78, 5) is 6.88. The fourth-order valence-electron chi connectivity index (χ4n) is 4.35. The van der Waals surface area contributed by atoms with E-state index in [2.05, 4.69) is 85.7 Å². The molecule has 0 radical (unpaired) electrons. The van der Waals surface area contributed by atoms with E-state index in [1.54, 1.807) is 0 Å². The summed E-state index contributed by atoms with van der Waals surface area (Å²) in [5, 5.41) is 18.0. The van der Waals surface area contributed by atoms with Gasteiger partial charge in [-0.15, -0.1) is 5.10 Å². The molecule has 1 atom stereocenters. The number of rotatable bonds is 6. The van der Waals surface area contributed by atoms with Gasteiger partial charge in [0.25, 0.3) is 0 Å². The monoisotopic (exact) mass is 440 g/mol. The molecule has 2 N–H and O–H groups in total. The van der Waals surface area contributed by atoms with Gasteiger partial charge in [-0.1, -0.05) is 55.5 Å². The quantitative estimate of drug-likeness (QED) is 0.473. The molecule has 1 aliphatic heterocycles. The Balaban J connectivity index is 1.46. The Labute approximate surface area is 193 Å². The van der Waals surface area contributed by atoms with Crippen molar-refractivity contribution in [3.05, 3.63) is 71.4 Å². The highest BCUT2D eigenvalue weighted by Gasteiger charge is 2.24. The molecule has 0 saturated carbocycles. The summed E-state index contributed by atoms with van der Waals surface area (Å²) in [6.45, 7) is 5.09. The Morgan fingerprint density at radius 1 is 1.00 bits per heavy atom. The highest BCUT2D eigenvalue weighted by Crippen LogP contribution is 2.31. The molecule has 3 heterocycles. The van der Waals surface area contributed by atoms with Crippen LogP contribution in [0.15, 0.2) is 59.6 Å². The zero-order chi connectivity index (χ0) is 22.9. The number of aliphatic imine (C=N–C) groups is 1. The van der Waals surface area contributed by atoms with E-state index < -0.39 is 0 Å². The maximum Gasteiger partial charge on any atom is 0.180 e. The van der Waals surface area contributed by atoms with Crippen molar-refractivity contribution in [2.75, 3.05) is 19.4 Å². The Kier molecular flexibility index (Phi) is 5.51. The Hall–Kier alpha value is -3.78. The van der Waals surface area contributed by atoms with E-state index in [4.69, 9.17) is 4.99 Å². The lowest BCUT2D eigenvalue weighted by atomic mass is 9.98. The van der Waals surface area contributed by atoms with Crippen molar-refractivity contribution in [3.8, 4) is 22.5 Å². The normalized spacial score (nSPS) is 15.3. The largest absolute Gasteiger partial charge is 0.337 e. The SMILES string of the molecule is CCc1cc2c(n1Cc1ccc(-c3ccccc3-c3nnn[nH]3)cc1)NC(N(C)C)N=C2C. The van der Waals surface area contributed by atoms with Crippen LogP contribution in [0.25, 0.3) is 22.5 Å². The second-order valence-corrected chi connectivity index (χ2v) is 8.53. The number of hydrogen-bond donors (Lipinski definition) is 2. The van der Waals surface area contributed by atoms with Crippen molar-refractivity contribution < 1.29 is 0 Å². The van der Waals surface area contributed by atoms with Crippen molar-refractivity contribution in [2.24, 2.45) is 4.99 Å². The third-order valence-corrected chi connectivity index (χ3v) is 6.14. The van der Waals surface area contributed by atoms with Crippen LogP contribution in [0.5, 0.6) is 0 Å². The molecule has 0 fully saturated rings. The van der Waals surface area contributed by atoms with Crippen LogP contribution >= 0.6 is 0 Å². The Bertz CT molecular complexity index is 1280. The predicted molar refractivity (Wildman–Crippen MR) is 131 cm³/mol. The highest BCUT2D eigenvalue weighted by atomic mass is 15.5.